The first-order valence-corrected chi connectivity index (χ1v) is 23.4. The Morgan fingerprint density at radius 2 is 0.793 bits per heavy atom. The van der Waals surface area contributed by atoms with E-state index in [2.05, 4.69) is 21.3 Å². The molecule has 324 valence electrons. The summed E-state index contributed by atoms with van der Waals surface area (Å²) in [6.45, 7) is -4.18. The van der Waals surface area contributed by atoms with Crippen molar-refractivity contribution in [2.75, 3.05) is 64.1 Å². The van der Waals surface area contributed by atoms with Gasteiger partial charge in [-0.3, -0.25) is 24.0 Å². The number of carbonyl (C=O) groups is 5. The number of aliphatic hydroxyl groups is 9. The van der Waals surface area contributed by atoms with E-state index in [1.165, 1.54) is 0 Å². The lowest BCUT2D eigenvalue weighted by molar-refractivity contribution is -0.107. The molecule has 2 rings (SSSR count). The van der Waals surface area contributed by atoms with Gasteiger partial charge in [0.15, 0.2) is 0 Å². The maximum atomic E-state index is 13.5. The minimum Gasteiger partial charge on any atom is -0.394 e. The number of hydrogen-bond acceptors (Lipinski definition) is 14. The van der Waals surface area contributed by atoms with E-state index in [-0.39, 0.29) is 87.8 Å². The number of aliphatic hydroxyl groups excluding tert-OH is 9. The van der Waals surface area contributed by atoms with Gasteiger partial charge in [-0.25, -0.2) is 0 Å². The topological polar surface area (TPSA) is 319 Å². The highest BCUT2D eigenvalue weighted by Gasteiger charge is 2.32. The third-order valence-corrected chi connectivity index (χ3v) is 14.6. The lowest BCUT2D eigenvalue weighted by atomic mass is 9.99. The number of anilines is 1. The van der Waals surface area contributed by atoms with Crippen LogP contribution in [0.5, 0.6) is 0 Å². The lowest BCUT2D eigenvalue weighted by Crippen LogP contribution is -2.38. The Morgan fingerprint density at radius 3 is 1.07 bits per heavy atom. The van der Waals surface area contributed by atoms with Gasteiger partial charge < -0.3 is 72.1 Å². The zero-order chi connectivity index (χ0) is 44.0. The predicted molar refractivity (Wildman–Crippen MR) is 259 cm³/mol. The highest BCUT2D eigenvalue weighted by molar-refractivity contribution is 14.1. The second kappa shape index (κ2) is 26.4. The fourth-order valence-corrected chi connectivity index (χ4v) is 14.4. The fraction of sp³-hybridized carbons (Fsp3) is 0.485. The first-order valence-electron chi connectivity index (χ1n) is 16.9. The first-order chi connectivity index (χ1) is 27.3. The summed E-state index contributed by atoms with van der Waals surface area (Å²) in [5, 5.41) is 97.7. The van der Waals surface area contributed by atoms with E-state index in [0.29, 0.717) is 19.1 Å². The molecule has 5 amide bonds. The summed E-state index contributed by atoms with van der Waals surface area (Å²) in [6, 6.07) is 0. The fourth-order valence-electron chi connectivity index (χ4n) is 4.91. The third kappa shape index (κ3) is 14.7. The zero-order valence-corrected chi connectivity index (χ0v) is 43.0. The van der Waals surface area contributed by atoms with E-state index in [9.17, 15) is 69.9 Å². The Bertz CT molecular complexity index is 1710. The lowest BCUT2D eigenvalue weighted by Gasteiger charge is -2.27. The van der Waals surface area contributed by atoms with Crippen LogP contribution in [-0.4, -0.2) is 166 Å². The molecule has 0 saturated heterocycles. The number of carbonyl (C=O) groups excluding carboxylic acids is 5. The maximum Gasteiger partial charge on any atom is 0.253 e. The molecule has 0 bridgehead atoms. The highest BCUT2D eigenvalue weighted by Crippen LogP contribution is 2.38. The van der Waals surface area contributed by atoms with Crippen LogP contribution in [0, 0.1) is 21.4 Å². The van der Waals surface area contributed by atoms with Gasteiger partial charge in [0.25, 0.3) is 23.6 Å². The molecule has 25 heteroatoms. The van der Waals surface area contributed by atoms with E-state index in [1.54, 1.807) is 22.6 Å². The second-order valence-corrected chi connectivity index (χ2v) is 18.8. The van der Waals surface area contributed by atoms with Gasteiger partial charge in [0.2, 0.25) is 6.41 Å². The van der Waals surface area contributed by atoms with Crippen molar-refractivity contribution in [2.45, 2.75) is 43.4 Å². The maximum absolute atomic E-state index is 13.5. The summed E-state index contributed by atoms with van der Waals surface area (Å²) in [5.41, 5.74) is 0.544. The number of nitrogens with one attached hydrogen (secondary N) is 4. The quantitative estimate of drug-likeness (QED) is 0.0450. The molecule has 0 aliphatic heterocycles. The van der Waals surface area contributed by atoms with Gasteiger partial charge in [0.1, 0.15) is 0 Å². The molecule has 0 aliphatic rings. The first kappa shape index (κ1) is 53.9. The molecule has 13 N–H and O–H groups in total. The Morgan fingerprint density at radius 1 is 0.500 bits per heavy atom. The van der Waals surface area contributed by atoms with E-state index in [4.69, 9.17) is 0 Å². The van der Waals surface area contributed by atoms with Gasteiger partial charge in [-0.2, -0.15) is 0 Å². The Labute approximate surface area is 414 Å². The van der Waals surface area contributed by atoms with Crippen LogP contribution in [-0.2, 0) is 11.2 Å². The summed E-state index contributed by atoms with van der Waals surface area (Å²) in [6.07, 6.45) is -5.99. The minimum absolute atomic E-state index is 0.0446. The number of amides is 5. The standard InChI is InChI=1S/C33H41I6N5O14/c34-23-18(24(35)20(31(56)41-4-15(52)9-46)25(36)19(23)30(55)40-3-14(51)8-45)2-1-13(50)7-44(12-49)29-27(38)21(32(57)42-5-16(53)10-47)26(37)22(28(29)39)33(58)43-6-17(54)11-48/h12-17,45-48,50-54H,1-11H2,(H,40,55)(H,41,56)(H,42,57)(H,43,58). The summed E-state index contributed by atoms with van der Waals surface area (Å²) in [4.78, 5) is 67.7. The summed E-state index contributed by atoms with van der Waals surface area (Å²) in [5.74, 6) is -2.85. The molecule has 19 nitrogen and oxygen atoms in total. The van der Waals surface area contributed by atoms with Crippen LogP contribution >= 0.6 is 136 Å². The van der Waals surface area contributed by atoms with Gasteiger partial charge in [-0.05, 0) is 154 Å². The molecule has 2 aromatic rings. The molecular formula is C33H41I6N5O14. The van der Waals surface area contributed by atoms with Gasteiger partial charge in [0, 0.05) is 40.5 Å². The molecule has 0 radical (unpaired) electrons. The molecule has 58 heavy (non-hydrogen) atoms. The van der Waals surface area contributed by atoms with Crippen molar-refractivity contribution in [2.24, 2.45) is 0 Å². The van der Waals surface area contributed by atoms with Crippen LogP contribution in [0.15, 0.2) is 0 Å². The average molecular weight is 1490 g/mol. The van der Waals surface area contributed by atoms with Crippen molar-refractivity contribution < 1.29 is 69.9 Å². The largest absolute Gasteiger partial charge is 0.394 e. The van der Waals surface area contributed by atoms with E-state index >= 15 is 0 Å². The molecule has 0 fully saturated rings. The van der Waals surface area contributed by atoms with Crippen molar-refractivity contribution in [3.63, 3.8) is 0 Å². The van der Waals surface area contributed by atoms with Gasteiger partial charge in [0.05, 0.1) is 98.6 Å². The molecule has 0 saturated carbocycles. The van der Waals surface area contributed by atoms with Gasteiger partial charge in [-0.1, -0.05) is 0 Å². The summed E-state index contributed by atoms with van der Waals surface area (Å²) in [7, 11) is 0. The molecule has 2 aromatic carbocycles. The molecule has 5 atom stereocenters. The normalized spacial score (nSPS) is 13.8. The van der Waals surface area contributed by atoms with Gasteiger partial charge in [-0.15, -0.1) is 0 Å². The minimum atomic E-state index is -1.29. The van der Waals surface area contributed by atoms with E-state index < -0.39 is 80.6 Å². The summed E-state index contributed by atoms with van der Waals surface area (Å²) < 4.78 is 1.57. The Balaban J connectivity index is 2.63. The monoisotopic (exact) mass is 1490 g/mol. The molecule has 0 spiro atoms. The van der Waals surface area contributed by atoms with Crippen molar-refractivity contribution in [1.29, 1.82) is 0 Å². The molecule has 0 aliphatic carbocycles. The molecular weight excluding hydrogens is 1450 g/mol. The second-order valence-electron chi connectivity index (χ2n) is 12.3. The van der Waals surface area contributed by atoms with Crippen molar-refractivity contribution >= 4 is 171 Å². The third-order valence-electron chi connectivity index (χ3n) is 8.00. The van der Waals surface area contributed by atoms with Crippen molar-refractivity contribution in [3.8, 4) is 0 Å². The number of benzene rings is 2. The molecule has 0 heterocycles. The van der Waals surface area contributed by atoms with Crippen LogP contribution in [0.4, 0.5) is 5.69 Å². The number of halogens is 6. The highest BCUT2D eigenvalue weighted by atomic mass is 127. The SMILES string of the molecule is O=CN(CC(O)CCc1c(I)c(C(=O)NCC(O)CO)c(I)c(C(=O)NCC(O)CO)c1I)c1c(I)c(C(=O)NCC(O)CO)c(I)c(C(=O)NCC(O)CO)c1I. The smallest absolute Gasteiger partial charge is 0.253 e. The van der Waals surface area contributed by atoms with Crippen LogP contribution < -0.4 is 26.2 Å². The Kier molecular flexibility index (Phi) is 24.6. The summed E-state index contributed by atoms with van der Waals surface area (Å²) >= 11 is 11.1. The van der Waals surface area contributed by atoms with Gasteiger partial charge >= 0.3 is 0 Å². The van der Waals surface area contributed by atoms with Crippen LogP contribution in [0.1, 0.15) is 53.4 Å². The number of hydrogen-bond donors (Lipinski definition) is 13. The molecule has 5 unspecified atom stereocenters. The zero-order valence-electron chi connectivity index (χ0n) is 30.0. The molecule has 0 aromatic heterocycles. The number of nitrogens with zero attached hydrogens (tertiary/aromatic N) is 1. The number of rotatable bonds is 23. The Hall–Kier alpha value is -0.190. The van der Waals surface area contributed by atoms with E-state index in [1.807, 2.05) is 113 Å². The van der Waals surface area contributed by atoms with Crippen LogP contribution in [0.3, 0.4) is 0 Å². The van der Waals surface area contributed by atoms with Crippen molar-refractivity contribution in [1.82, 2.24) is 21.3 Å². The van der Waals surface area contributed by atoms with Crippen LogP contribution in [0.2, 0.25) is 0 Å². The van der Waals surface area contributed by atoms with E-state index in [0.717, 1.165) is 4.90 Å². The van der Waals surface area contributed by atoms with Crippen LogP contribution in [0.25, 0.3) is 0 Å². The predicted octanol–water partition coefficient (Wildman–Crippen LogP) is -1.40. The average Bonchev–Trinajstić information content (AvgIpc) is 3.19. The van der Waals surface area contributed by atoms with Crippen molar-refractivity contribution in [3.05, 3.63) is 49.2 Å².